The summed E-state index contributed by atoms with van der Waals surface area (Å²) in [5, 5.41) is 15.4. The van der Waals surface area contributed by atoms with E-state index in [0.29, 0.717) is 6.04 Å². The zero-order valence-electron chi connectivity index (χ0n) is 22.1. The Kier molecular flexibility index (Phi) is 5.45. The van der Waals surface area contributed by atoms with Crippen molar-refractivity contribution in [2.45, 2.75) is 51.5 Å². The van der Waals surface area contributed by atoms with Crippen LogP contribution in [0, 0.1) is 0 Å². The molecule has 38 heavy (non-hydrogen) atoms. The first-order valence-electron chi connectivity index (χ1n) is 13.7. The SMILES string of the molecule is CCC1[n+]2ccccc2-c2cc(-n3cc(-c4c5ccccc5cc5ccccc45)nn3)sc2C1(CC)CC. The smallest absolute Gasteiger partial charge is 0.210 e. The van der Waals surface area contributed by atoms with Crippen molar-refractivity contribution in [1.82, 2.24) is 15.0 Å². The number of nitrogens with zero attached hydrogens (tertiary/aromatic N) is 4. The molecule has 0 aliphatic carbocycles. The number of hydrogen-bond acceptors (Lipinski definition) is 3. The average molecular weight is 516 g/mol. The van der Waals surface area contributed by atoms with E-state index in [1.54, 1.807) is 0 Å². The molecule has 0 saturated carbocycles. The molecule has 1 atom stereocenters. The molecular formula is C33H31N4S+. The first-order valence-corrected chi connectivity index (χ1v) is 14.5. The summed E-state index contributed by atoms with van der Waals surface area (Å²) >= 11 is 1.89. The van der Waals surface area contributed by atoms with E-state index in [1.807, 2.05) is 16.0 Å². The average Bonchev–Trinajstić information content (AvgIpc) is 3.63. The van der Waals surface area contributed by atoms with Gasteiger partial charge in [-0.2, -0.15) is 4.57 Å². The van der Waals surface area contributed by atoms with Gasteiger partial charge in [0, 0.05) is 29.0 Å². The van der Waals surface area contributed by atoms with Crippen molar-refractivity contribution in [3.8, 4) is 27.5 Å². The summed E-state index contributed by atoms with van der Waals surface area (Å²) in [5.41, 5.74) is 4.81. The lowest BCUT2D eigenvalue weighted by Gasteiger charge is -2.39. The Hall–Kier alpha value is -3.83. The third kappa shape index (κ3) is 3.24. The van der Waals surface area contributed by atoms with E-state index in [-0.39, 0.29) is 5.41 Å². The summed E-state index contributed by atoms with van der Waals surface area (Å²) in [6.45, 7) is 7.03. The van der Waals surface area contributed by atoms with Crippen LogP contribution in [0.1, 0.15) is 51.0 Å². The predicted molar refractivity (Wildman–Crippen MR) is 157 cm³/mol. The number of aromatic nitrogens is 4. The zero-order valence-corrected chi connectivity index (χ0v) is 22.9. The Morgan fingerprint density at radius 3 is 2.24 bits per heavy atom. The lowest BCUT2D eigenvalue weighted by atomic mass is 9.69. The molecule has 0 bridgehead atoms. The Bertz CT molecular complexity index is 1750. The molecule has 4 nitrogen and oxygen atoms in total. The minimum atomic E-state index is 0.112. The number of benzene rings is 3. The van der Waals surface area contributed by atoms with Crippen LogP contribution in [0.5, 0.6) is 0 Å². The molecule has 0 amide bonds. The zero-order chi connectivity index (χ0) is 25.9. The van der Waals surface area contributed by atoms with Gasteiger partial charge < -0.3 is 0 Å². The molecular weight excluding hydrogens is 484 g/mol. The molecule has 0 spiro atoms. The van der Waals surface area contributed by atoms with Gasteiger partial charge in [0.25, 0.3) is 0 Å². The van der Waals surface area contributed by atoms with Crippen molar-refractivity contribution < 1.29 is 4.57 Å². The highest BCUT2D eigenvalue weighted by molar-refractivity contribution is 7.15. The summed E-state index contributed by atoms with van der Waals surface area (Å²) < 4.78 is 4.50. The second-order valence-corrected chi connectivity index (χ2v) is 11.4. The van der Waals surface area contributed by atoms with Crippen LogP contribution in [0.4, 0.5) is 0 Å². The van der Waals surface area contributed by atoms with Crippen LogP contribution < -0.4 is 4.57 Å². The van der Waals surface area contributed by atoms with E-state index in [9.17, 15) is 0 Å². The van der Waals surface area contributed by atoms with Gasteiger partial charge >= 0.3 is 0 Å². The predicted octanol–water partition coefficient (Wildman–Crippen LogP) is 8.28. The Morgan fingerprint density at radius 2 is 1.55 bits per heavy atom. The van der Waals surface area contributed by atoms with Gasteiger partial charge in [-0.15, -0.1) is 16.4 Å². The van der Waals surface area contributed by atoms with Gasteiger partial charge in [0.2, 0.25) is 5.69 Å². The molecule has 4 heterocycles. The van der Waals surface area contributed by atoms with Crippen LogP contribution in [0.25, 0.3) is 49.1 Å². The second kappa shape index (κ2) is 8.88. The summed E-state index contributed by atoms with van der Waals surface area (Å²) in [6.07, 6.45) is 7.71. The minimum absolute atomic E-state index is 0.112. The van der Waals surface area contributed by atoms with Crippen LogP contribution in [0.2, 0.25) is 0 Å². The van der Waals surface area contributed by atoms with E-state index in [1.165, 1.54) is 37.7 Å². The topological polar surface area (TPSA) is 34.6 Å². The molecule has 7 rings (SSSR count). The fourth-order valence-corrected chi connectivity index (χ4v) is 8.30. The first-order chi connectivity index (χ1) is 18.7. The molecule has 0 saturated heterocycles. The summed E-state index contributed by atoms with van der Waals surface area (Å²) in [6, 6.07) is 28.8. The summed E-state index contributed by atoms with van der Waals surface area (Å²) in [5.74, 6) is 0. The first kappa shape index (κ1) is 23.3. The van der Waals surface area contributed by atoms with Crippen molar-refractivity contribution in [3.63, 3.8) is 0 Å². The van der Waals surface area contributed by atoms with Crippen molar-refractivity contribution in [1.29, 1.82) is 0 Å². The molecule has 1 aliphatic rings. The molecule has 3 aromatic heterocycles. The van der Waals surface area contributed by atoms with Gasteiger partial charge in [0.15, 0.2) is 12.2 Å². The van der Waals surface area contributed by atoms with Crippen LogP contribution in [-0.2, 0) is 5.41 Å². The molecule has 0 fully saturated rings. The van der Waals surface area contributed by atoms with Gasteiger partial charge in [-0.25, -0.2) is 4.68 Å². The maximum atomic E-state index is 4.74. The highest BCUT2D eigenvalue weighted by Crippen LogP contribution is 2.52. The maximum absolute atomic E-state index is 4.74. The van der Waals surface area contributed by atoms with E-state index in [2.05, 4.69) is 122 Å². The van der Waals surface area contributed by atoms with Crippen LogP contribution in [0.15, 0.2) is 91.3 Å². The van der Waals surface area contributed by atoms with Crippen LogP contribution in [-0.4, -0.2) is 15.0 Å². The number of fused-ring (bicyclic) bond motifs is 5. The van der Waals surface area contributed by atoms with Gasteiger partial charge in [0.05, 0.1) is 17.2 Å². The summed E-state index contributed by atoms with van der Waals surface area (Å²) in [4.78, 5) is 1.49. The van der Waals surface area contributed by atoms with E-state index in [4.69, 9.17) is 5.10 Å². The maximum Gasteiger partial charge on any atom is 0.213 e. The standard InChI is InChI=1S/C33H31N4S/c1-4-29-33(5-2,6-3)32-26(28-17-11-12-18-36(28)29)20-30(38-32)37-21-27(34-35-37)31-24-15-9-7-13-22(24)19-23-14-8-10-16-25(23)31/h7-21,29H,4-6H2,1-3H3/q+1. The monoisotopic (exact) mass is 515 g/mol. The highest BCUT2D eigenvalue weighted by atomic mass is 32.1. The van der Waals surface area contributed by atoms with Crippen molar-refractivity contribution >= 4 is 32.9 Å². The van der Waals surface area contributed by atoms with E-state index >= 15 is 0 Å². The van der Waals surface area contributed by atoms with Crippen molar-refractivity contribution in [3.05, 3.63) is 96.1 Å². The molecule has 1 aliphatic heterocycles. The number of pyridine rings is 1. The third-order valence-electron chi connectivity index (χ3n) is 8.71. The molecule has 188 valence electrons. The summed E-state index contributed by atoms with van der Waals surface area (Å²) in [7, 11) is 0. The highest BCUT2D eigenvalue weighted by Gasteiger charge is 2.50. The molecule has 0 N–H and O–H groups in total. The Balaban J connectivity index is 1.42. The fraction of sp³-hybridized carbons (Fsp3) is 0.242. The van der Waals surface area contributed by atoms with Gasteiger partial charge in [-0.3, -0.25) is 0 Å². The van der Waals surface area contributed by atoms with E-state index < -0.39 is 0 Å². The van der Waals surface area contributed by atoms with Gasteiger partial charge in [-0.1, -0.05) is 74.5 Å². The van der Waals surface area contributed by atoms with Crippen LogP contribution in [0.3, 0.4) is 0 Å². The lowest BCUT2D eigenvalue weighted by Crippen LogP contribution is -2.54. The van der Waals surface area contributed by atoms with Crippen LogP contribution >= 0.6 is 11.3 Å². The Labute approximate surface area is 227 Å². The number of thiophene rings is 1. The number of rotatable bonds is 5. The van der Waals surface area contributed by atoms with Crippen molar-refractivity contribution in [2.75, 3.05) is 0 Å². The largest absolute Gasteiger partial charge is 0.213 e. The Morgan fingerprint density at radius 1 is 0.868 bits per heavy atom. The molecule has 3 aromatic carbocycles. The van der Waals surface area contributed by atoms with Crippen molar-refractivity contribution in [2.24, 2.45) is 0 Å². The quantitative estimate of drug-likeness (QED) is 0.171. The van der Waals surface area contributed by atoms with Gasteiger partial charge in [0.1, 0.15) is 10.7 Å². The molecule has 5 heteroatoms. The normalized spacial score (nSPS) is 16.0. The molecule has 0 radical (unpaired) electrons. The fourth-order valence-electron chi connectivity index (χ4n) is 6.83. The van der Waals surface area contributed by atoms with Gasteiger partial charge in [-0.05, 0) is 52.6 Å². The molecule has 1 unspecified atom stereocenters. The van der Waals surface area contributed by atoms with E-state index in [0.717, 1.165) is 35.5 Å². The third-order valence-corrected chi connectivity index (χ3v) is 10.1. The number of hydrogen-bond donors (Lipinski definition) is 0. The second-order valence-electron chi connectivity index (χ2n) is 10.4. The lowest BCUT2D eigenvalue weighted by molar-refractivity contribution is -0.725. The molecule has 6 aromatic rings. The minimum Gasteiger partial charge on any atom is -0.210 e.